The summed E-state index contributed by atoms with van der Waals surface area (Å²) in [7, 11) is 0. The predicted octanol–water partition coefficient (Wildman–Crippen LogP) is 6.05. The molecule has 0 bridgehead atoms. The van der Waals surface area contributed by atoms with Gasteiger partial charge in [0, 0.05) is 17.0 Å². The van der Waals surface area contributed by atoms with Crippen LogP contribution in [0.4, 0.5) is 10.1 Å². The van der Waals surface area contributed by atoms with Crippen LogP contribution in [0.2, 0.25) is 0 Å². The van der Waals surface area contributed by atoms with E-state index in [1.54, 1.807) is 19.1 Å². The number of halogens is 1. The van der Waals surface area contributed by atoms with E-state index in [2.05, 4.69) is 25.3 Å². The third kappa shape index (κ3) is 4.40. The number of fused-ring (bicyclic) bond motifs is 1. The van der Waals surface area contributed by atoms with Crippen molar-refractivity contribution in [3.8, 4) is 23.8 Å². The zero-order valence-corrected chi connectivity index (χ0v) is 17.3. The summed E-state index contributed by atoms with van der Waals surface area (Å²) in [6, 6.07) is 8.58. The molecule has 1 aliphatic carbocycles. The summed E-state index contributed by atoms with van der Waals surface area (Å²) in [6.07, 6.45) is 10.1. The van der Waals surface area contributed by atoms with Crippen LogP contribution in [0.15, 0.2) is 42.0 Å². The average molecular weight is 394 g/mol. The Balaban J connectivity index is 0.000000755. The largest absolute Gasteiger partial charge is 0.507 e. The molecule has 1 aliphatic heterocycles. The topological polar surface area (TPSA) is 32.7 Å². The fourth-order valence-corrected chi connectivity index (χ4v) is 4.13. The smallest absolute Gasteiger partial charge is 0.161 e. The molecule has 3 nitrogen and oxygen atoms in total. The van der Waals surface area contributed by atoms with Crippen LogP contribution < -0.4 is 9.64 Å². The van der Waals surface area contributed by atoms with Crippen LogP contribution >= 0.6 is 0 Å². The lowest BCUT2D eigenvalue weighted by Gasteiger charge is -2.34. The van der Waals surface area contributed by atoms with Crippen molar-refractivity contribution >= 4 is 5.69 Å². The molecule has 0 radical (unpaired) electrons. The van der Waals surface area contributed by atoms with Gasteiger partial charge in [-0.15, -0.1) is 12.3 Å². The minimum Gasteiger partial charge on any atom is -0.507 e. The third-order valence-electron chi connectivity index (χ3n) is 5.47. The number of terminal acetylenes is 1. The number of ether oxygens (including phenoxy) is 1. The Morgan fingerprint density at radius 3 is 2.69 bits per heavy atom. The highest BCUT2D eigenvalue weighted by atomic mass is 19.1. The van der Waals surface area contributed by atoms with Crippen molar-refractivity contribution in [3.63, 3.8) is 0 Å². The summed E-state index contributed by atoms with van der Waals surface area (Å²) in [5.74, 6) is 3.27. The van der Waals surface area contributed by atoms with Crippen molar-refractivity contribution in [1.82, 2.24) is 0 Å². The number of anilines is 1. The van der Waals surface area contributed by atoms with Gasteiger partial charge in [-0.25, -0.2) is 4.39 Å². The van der Waals surface area contributed by atoms with Crippen LogP contribution in [-0.2, 0) is 6.54 Å². The van der Waals surface area contributed by atoms with Crippen molar-refractivity contribution < 1.29 is 14.2 Å². The van der Waals surface area contributed by atoms with Crippen molar-refractivity contribution in [2.75, 3.05) is 11.6 Å². The van der Waals surface area contributed by atoms with Crippen molar-refractivity contribution in [2.45, 2.75) is 52.5 Å². The van der Waals surface area contributed by atoms with Gasteiger partial charge in [-0.05, 0) is 63.8 Å². The number of allylic oxidation sites excluding steroid dienone is 2. The van der Waals surface area contributed by atoms with E-state index in [1.165, 1.54) is 11.6 Å². The van der Waals surface area contributed by atoms with Gasteiger partial charge in [-0.1, -0.05) is 23.8 Å². The van der Waals surface area contributed by atoms with E-state index in [1.807, 2.05) is 24.0 Å². The third-order valence-corrected chi connectivity index (χ3v) is 5.47. The van der Waals surface area contributed by atoms with Gasteiger partial charge >= 0.3 is 0 Å². The van der Waals surface area contributed by atoms with Gasteiger partial charge in [0.15, 0.2) is 6.73 Å². The van der Waals surface area contributed by atoms with Crippen LogP contribution in [-0.4, -0.2) is 11.8 Å². The summed E-state index contributed by atoms with van der Waals surface area (Å²) in [5, 5.41) is 10.6. The first-order chi connectivity index (χ1) is 14.0. The van der Waals surface area contributed by atoms with Gasteiger partial charge in [0.1, 0.15) is 17.3 Å². The molecular weight excluding hydrogens is 365 g/mol. The number of phenolic OH excluding ortho intramolecular Hbond substituents is 1. The molecule has 4 rings (SSSR count). The zero-order chi connectivity index (χ0) is 21.0. The second-order valence-corrected chi connectivity index (χ2v) is 7.66. The van der Waals surface area contributed by atoms with E-state index in [0.29, 0.717) is 18.0 Å². The van der Waals surface area contributed by atoms with E-state index < -0.39 is 0 Å². The number of aryl methyl sites for hydroxylation is 1. The highest BCUT2D eigenvalue weighted by Crippen LogP contribution is 2.46. The SMILES string of the molecule is C#CC.CC1=CC(c2c(O)cc(C)c3c2OCN(c2ccccc2F)C3)CCC1. The van der Waals surface area contributed by atoms with E-state index in [0.717, 1.165) is 41.7 Å². The standard InChI is InChI=1S/C22H24FNO2.C3H4/c1-14-6-5-7-16(10-14)21-20(25)11-15(2)17-12-24(13-26-22(17)21)19-9-4-3-8-18(19)23;1-3-2/h3-4,8-11,16,25H,5-7,12-13H2,1-2H3;1H,2H3. The Hall–Kier alpha value is -2.93. The Labute approximate surface area is 172 Å². The minimum absolute atomic E-state index is 0.179. The van der Waals surface area contributed by atoms with E-state index in [4.69, 9.17) is 4.74 Å². The summed E-state index contributed by atoms with van der Waals surface area (Å²) >= 11 is 0. The first-order valence-corrected chi connectivity index (χ1v) is 9.98. The fraction of sp³-hybridized carbons (Fsp3) is 0.360. The predicted molar refractivity (Wildman–Crippen MR) is 116 cm³/mol. The molecule has 1 heterocycles. The van der Waals surface area contributed by atoms with Gasteiger partial charge in [-0.2, -0.15) is 0 Å². The van der Waals surface area contributed by atoms with E-state index in [-0.39, 0.29) is 18.5 Å². The zero-order valence-electron chi connectivity index (χ0n) is 17.3. The van der Waals surface area contributed by atoms with Gasteiger partial charge in [0.2, 0.25) is 0 Å². The Morgan fingerprint density at radius 1 is 1.28 bits per heavy atom. The molecule has 0 spiro atoms. The molecule has 1 unspecified atom stereocenters. The number of hydrogen-bond donors (Lipinski definition) is 1. The molecule has 2 aromatic carbocycles. The second-order valence-electron chi connectivity index (χ2n) is 7.66. The summed E-state index contributed by atoms with van der Waals surface area (Å²) in [4.78, 5) is 1.90. The molecule has 0 saturated heterocycles. The van der Waals surface area contributed by atoms with E-state index >= 15 is 0 Å². The van der Waals surface area contributed by atoms with Crippen LogP contribution in [0.1, 0.15) is 55.7 Å². The highest BCUT2D eigenvalue weighted by molar-refractivity contribution is 5.60. The van der Waals surface area contributed by atoms with Crippen LogP contribution in [0.5, 0.6) is 11.5 Å². The molecular formula is C25H28FNO2. The second kappa shape index (κ2) is 9.05. The molecule has 2 aliphatic rings. The van der Waals surface area contributed by atoms with E-state index in [9.17, 15) is 9.50 Å². The molecule has 29 heavy (non-hydrogen) atoms. The van der Waals surface area contributed by atoms with Crippen molar-refractivity contribution in [1.29, 1.82) is 0 Å². The van der Waals surface area contributed by atoms with Gasteiger partial charge < -0.3 is 14.7 Å². The molecule has 0 fully saturated rings. The average Bonchev–Trinajstić information content (AvgIpc) is 2.69. The number of rotatable bonds is 2. The first kappa shape index (κ1) is 20.8. The molecule has 1 N–H and O–H groups in total. The fourth-order valence-electron chi connectivity index (χ4n) is 4.13. The van der Waals surface area contributed by atoms with Gasteiger partial charge in [0.25, 0.3) is 0 Å². The number of phenols is 1. The maximum Gasteiger partial charge on any atom is 0.161 e. The highest BCUT2D eigenvalue weighted by Gasteiger charge is 2.29. The van der Waals surface area contributed by atoms with Crippen molar-refractivity contribution in [3.05, 3.63) is 64.5 Å². The van der Waals surface area contributed by atoms with Gasteiger partial charge in [-0.3, -0.25) is 0 Å². The maximum absolute atomic E-state index is 14.2. The number of para-hydroxylation sites is 1. The molecule has 152 valence electrons. The lowest BCUT2D eigenvalue weighted by atomic mass is 9.83. The maximum atomic E-state index is 14.2. The molecule has 2 aromatic rings. The quantitative estimate of drug-likeness (QED) is 0.498. The van der Waals surface area contributed by atoms with Crippen LogP contribution in [0, 0.1) is 25.1 Å². The number of hydrogen-bond acceptors (Lipinski definition) is 3. The summed E-state index contributed by atoms with van der Waals surface area (Å²) in [6.45, 7) is 6.62. The Kier molecular flexibility index (Phi) is 6.49. The Bertz CT molecular complexity index is 958. The lowest BCUT2D eigenvalue weighted by Crippen LogP contribution is -2.33. The molecule has 1 atom stereocenters. The van der Waals surface area contributed by atoms with Crippen molar-refractivity contribution in [2.24, 2.45) is 0 Å². The Morgan fingerprint density at radius 2 is 2.00 bits per heavy atom. The van der Waals surface area contributed by atoms with Crippen LogP contribution in [0.3, 0.4) is 0 Å². The summed E-state index contributed by atoms with van der Waals surface area (Å²) < 4.78 is 20.3. The van der Waals surface area contributed by atoms with Crippen LogP contribution in [0.25, 0.3) is 0 Å². The normalized spacial score (nSPS) is 17.8. The molecule has 0 saturated carbocycles. The first-order valence-electron chi connectivity index (χ1n) is 9.98. The van der Waals surface area contributed by atoms with Gasteiger partial charge in [0.05, 0.1) is 12.2 Å². The lowest BCUT2D eigenvalue weighted by molar-refractivity contribution is 0.280. The number of aromatic hydroxyl groups is 1. The minimum atomic E-state index is -0.248. The molecule has 0 amide bonds. The molecule has 0 aromatic heterocycles. The number of nitrogens with zero attached hydrogens (tertiary/aromatic N) is 1. The molecule has 4 heteroatoms. The summed E-state index contributed by atoms with van der Waals surface area (Å²) in [5.41, 5.74) is 4.79. The number of benzene rings is 2. The monoisotopic (exact) mass is 393 g/mol.